The molecule has 0 saturated heterocycles. The number of hydrogen-bond acceptors (Lipinski definition) is 7. The van der Waals surface area contributed by atoms with Crippen LogP contribution < -0.4 is 10.1 Å². The molecule has 11 heteroatoms. The topological polar surface area (TPSA) is 128 Å². The van der Waals surface area contributed by atoms with Crippen LogP contribution in [0.1, 0.15) is 20.7 Å². The number of amides is 1. The lowest BCUT2D eigenvalue weighted by Crippen LogP contribution is -2.48. The van der Waals surface area contributed by atoms with Crippen molar-refractivity contribution in [2.24, 2.45) is 0 Å². The molecule has 2 atom stereocenters. The van der Waals surface area contributed by atoms with Crippen LogP contribution >= 0.6 is 23.2 Å². The summed E-state index contributed by atoms with van der Waals surface area (Å²) in [6, 6.07) is 17.7. The van der Waals surface area contributed by atoms with Gasteiger partial charge in [-0.2, -0.15) is 0 Å². The molecule has 0 aliphatic heterocycles. The maximum atomic E-state index is 13.2. The van der Waals surface area contributed by atoms with Crippen LogP contribution in [0, 0.1) is 0 Å². The second-order valence-electron chi connectivity index (χ2n) is 7.17. The standard InChI is InChI=1S/C25H19Cl2NO8/c1-34-15-8-6-7-14(13-15)28-22(29)20(35-24(32)16-9-2-4-11-18(16)26)21(23(30)31)36-25(33)17-10-3-5-12-19(17)27/h2-13,20-21H,1H3,(H,28,29)(H,30,31)/t20-,21+/m0/s1. The molecule has 0 bridgehead atoms. The normalized spacial score (nSPS) is 12.1. The lowest BCUT2D eigenvalue weighted by molar-refractivity contribution is -0.157. The molecule has 0 saturated carbocycles. The maximum Gasteiger partial charge on any atom is 0.349 e. The van der Waals surface area contributed by atoms with Crippen molar-refractivity contribution in [3.8, 4) is 5.75 Å². The van der Waals surface area contributed by atoms with E-state index in [9.17, 15) is 24.3 Å². The quantitative estimate of drug-likeness (QED) is 0.387. The number of rotatable bonds is 9. The molecule has 0 aromatic heterocycles. The highest BCUT2D eigenvalue weighted by molar-refractivity contribution is 6.34. The van der Waals surface area contributed by atoms with Crippen LogP contribution in [0.4, 0.5) is 5.69 Å². The Morgan fingerprint density at radius 3 is 1.81 bits per heavy atom. The van der Waals surface area contributed by atoms with Crippen molar-refractivity contribution in [2.75, 3.05) is 12.4 Å². The first kappa shape index (κ1) is 26.5. The van der Waals surface area contributed by atoms with Crippen LogP contribution in [0.5, 0.6) is 5.75 Å². The zero-order chi connectivity index (χ0) is 26.2. The van der Waals surface area contributed by atoms with E-state index in [4.69, 9.17) is 37.4 Å². The van der Waals surface area contributed by atoms with Crippen LogP contribution in [-0.2, 0) is 19.1 Å². The van der Waals surface area contributed by atoms with Gasteiger partial charge in [-0.15, -0.1) is 0 Å². The predicted molar refractivity (Wildman–Crippen MR) is 131 cm³/mol. The lowest BCUT2D eigenvalue weighted by Gasteiger charge is -2.24. The number of carbonyl (C=O) groups is 4. The third kappa shape index (κ3) is 6.53. The molecule has 0 aliphatic carbocycles. The Labute approximate surface area is 215 Å². The second kappa shape index (κ2) is 12.1. The number of esters is 2. The number of carbonyl (C=O) groups excluding carboxylic acids is 3. The molecule has 36 heavy (non-hydrogen) atoms. The summed E-state index contributed by atoms with van der Waals surface area (Å²) in [7, 11) is 1.42. The molecule has 0 unspecified atom stereocenters. The number of anilines is 1. The predicted octanol–water partition coefficient (Wildman–Crippen LogP) is 4.48. The number of benzene rings is 3. The average molecular weight is 532 g/mol. The van der Waals surface area contributed by atoms with Gasteiger partial charge in [-0.1, -0.05) is 53.5 Å². The molecule has 3 rings (SSSR count). The van der Waals surface area contributed by atoms with Gasteiger partial charge in [-0.05, 0) is 36.4 Å². The van der Waals surface area contributed by atoms with Crippen molar-refractivity contribution in [2.45, 2.75) is 12.2 Å². The molecule has 2 N–H and O–H groups in total. The number of methoxy groups -OCH3 is 1. The first-order valence-electron chi connectivity index (χ1n) is 10.3. The van der Waals surface area contributed by atoms with Crippen LogP contribution in [0.15, 0.2) is 72.8 Å². The van der Waals surface area contributed by atoms with Crippen molar-refractivity contribution in [3.63, 3.8) is 0 Å². The molecule has 3 aromatic rings. The summed E-state index contributed by atoms with van der Waals surface area (Å²) in [6.45, 7) is 0. The first-order valence-corrected chi connectivity index (χ1v) is 11.1. The van der Waals surface area contributed by atoms with E-state index in [-0.39, 0.29) is 26.9 Å². The Bertz CT molecular complexity index is 1300. The van der Waals surface area contributed by atoms with E-state index in [1.165, 1.54) is 55.6 Å². The van der Waals surface area contributed by atoms with Gasteiger partial charge in [0, 0.05) is 11.8 Å². The number of hydrogen-bond donors (Lipinski definition) is 2. The lowest BCUT2D eigenvalue weighted by atomic mass is 10.1. The highest BCUT2D eigenvalue weighted by Gasteiger charge is 2.41. The Balaban J connectivity index is 1.95. The fraction of sp³-hybridized carbons (Fsp3) is 0.120. The summed E-state index contributed by atoms with van der Waals surface area (Å²) in [5.41, 5.74) is -0.0607. The van der Waals surface area contributed by atoms with E-state index < -0.39 is 36.0 Å². The summed E-state index contributed by atoms with van der Waals surface area (Å²) in [5, 5.41) is 12.3. The zero-order valence-electron chi connectivity index (χ0n) is 18.6. The smallest absolute Gasteiger partial charge is 0.349 e. The molecule has 9 nitrogen and oxygen atoms in total. The molecule has 0 heterocycles. The molecule has 186 valence electrons. The summed E-state index contributed by atoms with van der Waals surface area (Å²) in [5.74, 6) is -4.67. The van der Waals surface area contributed by atoms with E-state index in [1.807, 2.05) is 0 Å². The highest BCUT2D eigenvalue weighted by atomic mass is 35.5. The van der Waals surface area contributed by atoms with Gasteiger partial charge in [0.05, 0.1) is 28.3 Å². The molecular weight excluding hydrogens is 513 g/mol. The van der Waals surface area contributed by atoms with Crippen molar-refractivity contribution in [1.82, 2.24) is 0 Å². The van der Waals surface area contributed by atoms with Gasteiger partial charge in [0.15, 0.2) is 0 Å². The Kier molecular flexibility index (Phi) is 8.88. The minimum absolute atomic E-state index is 0.00270. The Morgan fingerprint density at radius 2 is 1.31 bits per heavy atom. The van der Waals surface area contributed by atoms with E-state index in [0.717, 1.165) is 0 Å². The number of carboxylic acid groups (broad SMARTS) is 1. The van der Waals surface area contributed by atoms with Crippen LogP contribution in [0.3, 0.4) is 0 Å². The van der Waals surface area contributed by atoms with Gasteiger partial charge in [0.1, 0.15) is 5.75 Å². The molecule has 3 aromatic carbocycles. The fourth-order valence-corrected chi connectivity index (χ4v) is 3.45. The van der Waals surface area contributed by atoms with E-state index in [0.29, 0.717) is 5.75 Å². The van der Waals surface area contributed by atoms with E-state index >= 15 is 0 Å². The van der Waals surface area contributed by atoms with Crippen molar-refractivity contribution in [3.05, 3.63) is 94.0 Å². The molecule has 0 spiro atoms. The van der Waals surface area contributed by atoms with Gasteiger partial charge in [0.25, 0.3) is 5.91 Å². The van der Waals surface area contributed by atoms with Gasteiger partial charge in [-0.3, -0.25) is 4.79 Å². The second-order valence-corrected chi connectivity index (χ2v) is 7.99. The number of halogens is 2. The summed E-state index contributed by atoms with van der Waals surface area (Å²) in [6.07, 6.45) is -4.34. The summed E-state index contributed by atoms with van der Waals surface area (Å²) in [4.78, 5) is 50.7. The largest absolute Gasteiger partial charge is 0.497 e. The number of carboxylic acids is 1. The van der Waals surface area contributed by atoms with Gasteiger partial charge in [-0.25, -0.2) is 14.4 Å². The van der Waals surface area contributed by atoms with Gasteiger partial charge >= 0.3 is 17.9 Å². The van der Waals surface area contributed by atoms with Crippen LogP contribution in [0.25, 0.3) is 0 Å². The zero-order valence-corrected chi connectivity index (χ0v) is 20.2. The molecular formula is C25H19Cl2NO8. The van der Waals surface area contributed by atoms with Gasteiger partial charge in [0.2, 0.25) is 12.2 Å². The number of nitrogens with one attached hydrogen (secondary N) is 1. The number of ether oxygens (including phenoxy) is 3. The molecule has 0 aliphatic rings. The summed E-state index contributed by atoms with van der Waals surface area (Å²) >= 11 is 12.0. The monoisotopic (exact) mass is 531 g/mol. The highest BCUT2D eigenvalue weighted by Crippen LogP contribution is 2.22. The minimum Gasteiger partial charge on any atom is -0.497 e. The summed E-state index contributed by atoms with van der Waals surface area (Å²) < 4.78 is 15.4. The van der Waals surface area contributed by atoms with Crippen molar-refractivity contribution >= 4 is 52.7 Å². The third-order valence-electron chi connectivity index (χ3n) is 4.77. The van der Waals surface area contributed by atoms with Crippen molar-refractivity contribution < 1.29 is 38.5 Å². The minimum atomic E-state index is -2.23. The molecule has 1 amide bonds. The van der Waals surface area contributed by atoms with Crippen molar-refractivity contribution in [1.29, 1.82) is 0 Å². The molecule has 0 radical (unpaired) electrons. The van der Waals surface area contributed by atoms with Gasteiger partial charge < -0.3 is 24.6 Å². The molecule has 0 fully saturated rings. The average Bonchev–Trinajstić information content (AvgIpc) is 2.86. The Morgan fingerprint density at radius 1 is 0.778 bits per heavy atom. The SMILES string of the molecule is COc1cccc(NC(=O)[C@@H](OC(=O)c2ccccc2Cl)[C@@H](OC(=O)c2ccccc2Cl)C(=O)O)c1. The Hall–Kier alpha value is -4.08. The van der Waals surface area contributed by atoms with E-state index in [2.05, 4.69) is 5.32 Å². The maximum absolute atomic E-state index is 13.2. The van der Waals surface area contributed by atoms with Crippen LogP contribution in [-0.4, -0.2) is 48.2 Å². The van der Waals surface area contributed by atoms with Crippen LogP contribution in [0.2, 0.25) is 10.0 Å². The van der Waals surface area contributed by atoms with E-state index in [1.54, 1.807) is 24.3 Å². The third-order valence-corrected chi connectivity index (χ3v) is 5.43. The first-order chi connectivity index (χ1) is 17.2. The number of aliphatic carboxylic acids is 1. The fourth-order valence-electron chi connectivity index (χ4n) is 3.02.